The second kappa shape index (κ2) is 9.38. The van der Waals surface area contributed by atoms with Crippen LogP contribution in [0.3, 0.4) is 0 Å². The van der Waals surface area contributed by atoms with Gasteiger partial charge in [-0.3, -0.25) is 9.78 Å². The smallest absolute Gasteiger partial charge is 0.251 e. The standard InChI is InChI=1S/C22H24ClN3O/c1-2-16-5-7-17(8-6-16)22(27)26-13-4-3-12-24-20-11-14-25-21-15-18(23)9-10-19(20)21/h5-11,14-15H,2-4,12-13H2,1H3,(H,24,25)(H,26,27). The first kappa shape index (κ1) is 19.2. The topological polar surface area (TPSA) is 54.0 Å². The minimum absolute atomic E-state index is 0.0115. The van der Waals surface area contributed by atoms with Gasteiger partial charge in [-0.2, -0.15) is 0 Å². The summed E-state index contributed by atoms with van der Waals surface area (Å²) in [6.07, 6.45) is 4.65. The van der Waals surface area contributed by atoms with Gasteiger partial charge in [0.15, 0.2) is 0 Å². The van der Waals surface area contributed by atoms with Gasteiger partial charge in [-0.15, -0.1) is 0 Å². The molecule has 0 atom stereocenters. The molecule has 1 heterocycles. The van der Waals surface area contributed by atoms with E-state index in [1.54, 1.807) is 6.20 Å². The highest BCUT2D eigenvalue weighted by Gasteiger charge is 2.05. The second-order valence-corrected chi connectivity index (χ2v) is 6.90. The summed E-state index contributed by atoms with van der Waals surface area (Å²) in [5.41, 5.74) is 3.89. The van der Waals surface area contributed by atoms with E-state index in [1.807, 2.05) is 48.5 Å². The Kier molecular flexibility index (Phi) is 6.66. The number of halogens is 1. The zero-order chi connectivity index (χ0) is 19.1. The van der Waals surface area contributed by atoms with E-state index in [-0.39, 0.29) is 5.91 Å². The number of nitrogens with one attached hydrogen (secondary N) is 2. The Morgan fingerprint density at radius 1 is 1.04 bits per heavy atom. The van der Waals surface area contributed by atoms with Crippen LogP contribution in [0.2, 0.25) is 5.02 Å². The molecule has 27 heavy (non-hydrogen) atoms. The number of fused-ring (bicyclic) bond motifs is 1. The highest BCUT2D eigenvalue weighted by atomic mass is 35.5. The fraction of sp³-hybridized carbons (Fsp3) is 0.273. The summed E-state index contributed by atoms with van der Waals surface area (Å²) >= 11 is 6.02. The summed E-state index contributed by atoms with van der Waals surface area (Å²) in [4.78, 5) is 16.5. The van der Waals surface area contributed by atoms with Gasteiger partial charge in [-0.05, 0) is 61.2 Å². The van der Waals surface area contributed by atoms with Crippen molar-refractivity contribution in [3.63, 3.8) is 0 Å². The van der Waals surface area contributed by atoms with Crippen molar-refractivity contribution in [1.29, 1.82) is 0 Å². The average molecular weight is 382 g/mol. The number of carbonyl (C=O) groups is 1. The van der Waals surface area contributed by atoms with Crippen LogP contribution in [0.5, 0.6) is 0 Å². The van der Waals surface area contributed by atoms with Gasteiger partial charge in [-0.25, -0.2) is 0 Å². The van der Waals surface area contributed by atoms with Crippen LogP contribution in [0.15, 0.2) is 54.7 Å². The van der Waals surface area contributed by atoms with Crippen LogP contribution in [-0.4, -0.2) is 24.0 Å². The first-order valence-corrected chi connectivity index (χ1v) is 9.70. The predicted octanol–water partition coefficient (Wildman–Crippen LogP) is 5.07. The zero-order valence-corrected chi connectivity index (χ0v) is 16.2. The van der Waals surface area contributed by atoms with Gasteiger partial charge in [0.05, 0.1) is 5.52 Å². The van der Waals surface area contributed by atoms with Crippen LogP contribution in [0.25, 0.3) is 10.9 Å². The van der Waals surface area contributed by atoms with E-state index in [0.717, 1.165) is 42.4 Å². The lowest BCUT2D eigenvalue weighted by molar-refractivity contribution is 0.0953. The number of amides is 1. The molecule has 1 aromatic heterocycles. The quantitative estimate of drug-likeness (QED) is 0.535. The monoisotopic (exact) mass is 381 g/mol. The molecule has 1 amide bonds. The molecule has 5 heteroatoms. The predicted molar refractivity (Wildman–Crippen MR) is 113 cm³/mol. The highest BCUT2D eigenvalue weighted by Crippen LogP contribution is 2.24. The van der Waals surface area contributed by atoms with Crippen LogP contribution in [0.4, 0.5) is 5.69 Å². The molecule has 3 rings (SSSR count). The van der Waals surface area contributed by atoms with E-state index < -0.39 is 0 Å². The molecule has 0 aliphatic heterocycles. The van der Waals surface area contributed by atoms with Crippen molar-refractivity contribution in [1.82, 2.24) is 10.3 Å². The Morgan fingerprint density at radius 3 is 2.59 bits per heavy atom. The van der Waals surface area contributed by atoms with Crippen molar-refractivity contribution in [2.45, 2.75) is 26.2 Å². The summed E-state index contributed by atoms with van der Waals surface area (Å²) in [6.45, 7) is 3.61. The Hall–Kier alpha value is -2.59. The summed E-state index contributed by atoms with van der Waals surface area (Å²) in [5.74, 6) is -0.0115. The van der Waals surface area contributed by atoms with E-state index in [2.05, 4.69) is 22.5 Å². The van der Waals surface area contributed by atoms with Gasteiger partial charge in [-0.1, -0.05) is 30.7 Å². The third kappa shape index (κ3) is 5.20. The molecule has 0 radical (unpaired) electrons. The van der Waals surface area contributed by atoms with E-state index in [1.165, 1.54) is 5.56 Å². The van der Waals surface area contributed by atoms with Crippen molar-refractivity contribution >= 4 is 34.1 Å². The molecule has 0 aliphatic carbocycles. The molecule has 2 aromatic carbocycles. The first-order chi connectivity index (χ1) is 13.2. The van der Waals surface area contributed by atoms with Gasteiger partial charge < -0.3 is 10.6 Å². The molecule has 0 spiro atoms. The highest BCUT2D eigenvalue weighted by molar-refractivity contribution is 6.31. The van der Waals surface area contributed by atoms with Crippen LogP contribution in [-0.2, 0) is 6.42 Å². The number of hydrogen-bond donors (Lipinski definition) is 2. The molecule has 0 aliphatic rings. The van der Waals surface area contributed by atoms with Gasteiger partial charge in [0.25, 0.3) is 5.91 Å². The van der Waals surface area contributed by atoms with E-state index in [9.17, 15) is 4.79 Å². The van der Waals surface area contributed by atoms with Crippen LogP contribution in [0.1, 0.15) is 35.7 Å². The number of unbranched alkanes of at least 4 members (excludes halogenated alkanes) is 1. The molecule has 0 unspecified atom stereocenters. The summed E-state index contributed by atoms with van der Waals surface area (Å²) in [7, 11) is 0. The minimum Gasteiger partial charge on any atom is -0.384 e. The Balaban J connectivity index is 1.41. The molecule has 0 bridgehead atoms. The van der Waals surface area contributed by atoms with Crippen molar-refractivity contribution in [2.75, 3.05) is 18.4 Å². The van der Waals surface area contributed by atoms with Crippen LogP contribution < -0.4 is 10.6 Å². The van der Waals surface area contributed by atoms with Crippen molar-refractivity contribution in [2.24, 2.45) is 0 Å². The number of hydrogen-bond acceptors (Lipinski definition) is 3. The molecule has 2 N–H and O–H groups in total. The van der Waals surface area contributed by atoms with Crippen molar-refractivity contribution in [3.8, 4) is 0 Å². The maximum atomic E-state index is 12.1. The van der Waals surface area contributed by atoms with Crippen LogP contribution in [0, 0.1) is 0 Å². The first-order valence-electron chi connectivity index (χ1n) is 9.32. The molecule has 0 saturated heterocycles. The maximum Gasteiger partial charge on any atom is 0.251 e. The minimum atomic E-state index is -0.0115. The fourth-order valence-electron chi connectivity index (χ4n) is 2.94. The van der Waals surface area contributed by atoms with Gasteiger partial charge in [0.2, 0.25) is 0 Å². The lowest BCUT2D eigenvalue weighted by Gasteiger charge is -2.10. The summed E-state index contributed by atoms with van der Waals surface area (Å²) in [6, 6.07) is 15.5. The van der Waals surface area contributed by atoms with Gasteiger partial charge >= 0.3 is 0 Å². The lowest BCUT2D eigenvalue weighted by atomic mass is 10.1. The molecule has 3 aromatic rings. The fourth-order valence-corrected chi connectivity index (χ4v) is 3.11. The van der Waals surface area contributed by atoms with E-state index in [0.29, 0.717) is 17.1 Å². The third-order valence-corrected chi connectivity index (χ3v) is 4.77. The van der Waals surface area contributed by atoms with Gasteiger partial charge in [0, 0.05) is 40.9 Å². The number of carbonyl (C=O) groups excluding carboxylic acids is 1. The van der Waals surface area contributed by atoms with Crippen LogP contribution >= 0.6 is 11.6 Å². The number of rotatable bonds is 8. The van der Waals surface area contributed by atoms with E-state index in [4.69, 9.17) is 11.6 Å². The SMILES string of the molecule is CCc1ccc(C(=O)NCCCCNc2ccnc3cc(Cl)ccc23)cc1. The van der Waals surface area contributed by atoms with Crippen molar-refractivity contribution < 1.29 is 4.79 Å². The molecule has 0 fully saturated rings. The van der Waals surface area contributed by atoms with E-state index >= 15 is 0 Å². The number of aromatic nitrogens is 1. The third-order valence-electron chi connectivity index (χ3n) is 4.53. The largest absolute Gasteiger partial charge is 0.384 e. The Bertz CT molecular complexity index is 909. The normalized spacial score (nSPS) is 10.7. The summed E-state index contributed by atoms with van der Waals surface area (Å²) in [5, 5.41) is 8.17. The molecular formula is C22H24ClN3O. The number of anilines is 1. The van der Waals surface area contributed by atoms with Gasteiger partial charge in [0.1, 0.15) is 0 Å². The Labute approximate surface area is 165 Å². The molecular weight excluding hydrogens is 358 g/mol. The zero-order valence-electron chi connectivity index (χ0n) is 15.5. The average Bonchev–Trinajstić information content (AvgIpc) is 2.70. The molecule has 140 valence electrons. The number of aryl methyl sites for hydroxylation is 1. The number of pyridine rings is 1. The lowest BCUT2D eigenvalue weighted by Crippen LogP contribution is -2.24. The Morgan fingerprint density at radius 2 is 1.81 bits per heavy atom. The molecule has 0 saturated carbocycles. The number of benzene rings is 2. The van der Waals surface area contributed by atoms with Crippen molar-refractivity contribution in [3.05, 3.63) is 70.9 Å². The second-order valence-electron chi connectivity index (χ2n) is 6.46. The maximum absolute atomic E-state index is 12.1. The number of nitrogens with zero attached hydrogens (tertiary/aromatic N) is 1. The molecule has 4 nitrogen and oxygen atoms in total. The summed E-state index contributed by atoms with van der Waals surface area (Å²) < 4.78 is 0.